The van der Waals surface area contributed by atoms with Crippen molar-refractivity contribution < 1.29 is 13.9 Å². The van der Waals surface area contributed by atoms with Gasteiger partial charge in [-0.25, -0.2) is 19.7 Å². The first-order valence-electron chi connectivity index (χ1n) is 8.13. The molecule has 0 saturated heterocycles. The quantitative estimate of drug-likeness (QED) is 0.371. The average molecular weight is 405 g/mol. The minimum atomic E-state index is -0.539. The minimum absolute atomic E-state index is 0.0829. The zero-order valence-corrected chi connectivity index (χ0v) is 16.3. The van der Waals surface area contributed by atoms with Crippen LogP contribution in [0.1, 0.15) is 28.7 Å². The molecule has 140 valence electrons. The summed E-state index contributed by atoms with van der Waals surface area (Å²) in [4.78, 5) is 24.6. The van der Waals surface area contributed by atoms with Crippen LogP contribution in [0.3, 0.4) is 0 Å². The number of thioether (sulfide) groups is 1. The summed E-state index contributed by atoms with van der Waals surface area (Å²) >= 11 is 7.54. The van der Waals surface area contributed by atoms with Crippen LogP contribution in [0.15, 0.2) is 40.0 Å². The fraction of sp³-hybridized carbons (Fsp3) is 0.222. The number of hydrogen-bond donors (Lipinski definition) is 1. The van der Waals surface area contributed by atoms with E-state index in [2.05, 4.69) is 15.0 Å². The molecule has 0 spiro atoms. The minimum Gasteiger partial charge on any atom is -0.462 e. The van der Waals surface area contributed by atoms with E-state index in [9.17, 15) is 4.79 Å². The lowest BCUT2D eigenvalue weighted by Crippen LogP contribution is -2.10. The topological polar surface area (TPSA) is 104 Å². The molecule has 2 N–H and O–H groups in total. The van der Waals surface area contributed by atoms with E-state index >= 15 is 0 Å². The summed E-state index contributed by atoms with van der Waals surface area (Å²) in [7, 11) is 0. The van der Waals surface area contributed by atoms with Gasteiger partial charge in [-0.2, -0.15) is 0 Å². The Kier molecular flexibility index (Phi) is 5.98. The van der Waals surface area contributed by atoms with Crippen molar-refractivity contribution in [2.75, 3.05) is 12.3 Å². The first-order chi connectivity index (χ1) is 13.0. The molecule has 0 aliphatic carbocycles. The van der Waals surface area contributed by atoms with Gasteiger partial charge in [-0.15, -0.1) is 0 Å². The predicted molar refractivity (Wildman–Crippen MR) is 104 cm³/mol. The Balaban J connectivity index is 1.73. The van der Waals surface area contributed by atoms with E-state index < -0.39 is 5.97 Å². The number of nitrogens with zero attached hydrogens (tertiary/aromatic N) is 3. The first kappa shape index (κ1) is 19.2. The lowest BCUT2D eigenvalue weighted by Gasteiger charge is -2.05. The van der Waals surface area contributed by atoms with Crippen molar-refractivity contribution in [2.24, 2.45) is 0 Å². The van der Waals surface area contributed by atoms with Gasteiger partial charge in [0.15, 0.2) is 5.16 Å². The van der Waals surface area contributed by atoms with Crippen LogP contribution >= 0.6 is 23.4 Å². The van der Waals surface area contributed by atoms with Crippen molar-refractivity contribution in [3.63, 3.8) is 0 Å². The Morgan fingerprint density at radius 3 is 2.81 bits per heavy atom. The summed E-state index contributed by atoms with van der Waals surface area (Å²) in [6.45, 7) is 3.81. The summed E-state index contributed by atoms with van der Waals surface area (Å²) in [5.41, 5.74) is 7.48. The maximum Gasteiger partial charge on any atom is 0.343 e. The van der Waals surface area contributed by atoms with Crippen LogP contribution < -0.4 is 5.73 Å². The number of halogens is 1. The van der Waals surface area contributed by atoms with Gasteiger partial charge in [0, 0.05) is 11.9 Å². The van der Waals surface area contributed by atoms with Gasteiger partial charge in [-0.05, 0) is 26.0 Å². The predicted octanol–water partition coefficient (Wildman–Crippen LogP) is 4.14. The third-order valence-corrected chi connectivity index (χ3v) is 4.83. The first-order valence-corrected chi connectivity index (χ1v) is 9.49. The van der Waals surface area contributed by atoms with Gasteiger partial charge in [0.25, 0.3) is 0 Å². The summed E-state index contributed by atoms with van der Waals surface area (Å²) in [6, 6.07) is 7.35. The van der Waals surface area contributed by atoms with E-state index in [1.807, 2.05) is 25.1 Å². The molecular formula is C18H17ClN4O3S. The SMILES string of the molecule is CCOC(=O)c1cnc(SCc2nc(-c3ccccc3Cl)oc2C)nc1N. The normalized spacial score (nSPS) is 10.8. The maximum atomic E-state index is 11.7. The number of carbonyl (C=O) groups is 1. The summed E-state index contributed by atoms with van der Waals surface area (Å²) in [6.07, 6.45) is 1.37. The summed E-state index contributed by atoms with van der Waals surface area (Å²) < 4.78 is 10.6. The fourth-order valence-electron chi connectivity index (χ4n) is 2.26. The third kappa shape index (κ3) is 4.40. The van der Waals surface area contributed by atoms with Crippen LogP contribution in [0.2, 0.25) is 5.02 Å². The molecule has 3 aromatic rings. The van der Waals surface area contributed by atoms with E-state index in [1.54, 1.807) is 13.0 Å². The highest BCUT2D eigenvalue weighted by molar-refractivity contribution is 7.98. The number of aromatic nitrogens is 3. The molecule has 0 aliphatic rings. The van der Waals surface area contributed by atoms with E-state index in [-0.39, 0.29) is 18.0 Å². The maximum absolute atomic E-state index is 11.7. The highest BCUT2D eigenvalue weighted by Crippen LogP contribution is 2.30. The van der Waals surface area contributed by atoms with Crippen molar-refractivity contribution >= 4 is 35.1 Å². The molecule has 0 amide bonds. The number of nitrogens with two attached hydrogens (primary N) is 1. The Hall–Kier alpha value is -2.58. The molecule has 0 saturated carbocycles. The summed E-state index contributed by atoms with van der Waals surface area (Å²) in [5.74, 6) is 1.18. The second-order valence-electron chi connectivity index (χ2n) is 5.46. The number of esters is 1. The van der Waals surface area contributed by atoms with Crippen LogP contribution in [0.5, 0.6) is 0 Å². The van der Waals surface area contributed by atoms with Gasteiger partial charge in [0.05, 0.1) is 22.9 Å². The molecule has 0 bridgehead atoms. The van der Waals surface area contributed by atoms with E-state index in [0.717, 1.165) is 11.3 Å². The molecule has 7 nitrogen and oxygen atoms in total. The number of ether oxygens (including phenoxy) is 1. The highest BCUT2D eigenvalue weighted by Gasteiger charge is 2.16. The van der Waals surface area contributed by atoms with Crippen LogP contribution in [0.4, 0.5) is 5.82 Å². The largest absolute Gasteiger partial charge is 0.462 e. The lowest BCUT2D eigenvalue weighted by molar-refractivity contribution is 0.0526. The van der Waals surface area contributed by atoms with Gasteiger partial charge in [-0.1, -0.05) is 35.5 Å². The van der Waals surface area contributed by atoms with Crippen molar-refractivity contribution in [1.82, 2.24) is 15.0 Å². The van der Waals surface area contributed by atoms with Gasteiger partial charge in [0.1, 0.15) is 17.1 Å². The number of hydrogen-bond acceptors (Lipinski definition) is 8. The van der Waals surface area contributed by atoms with Gasteiger partial charge >= 0.3 is 5.97 Å². The highest BCUT2D eigenvalue weighted by atomic mass is 35.5. The molecular weight excluding hydrogens is 388 g/mol. The number of anilines is 1. The zero-order valence-electron chi connectivity index (χ0n) is 14.7. The molecule has 2 aromatic heterocycles. The molecule has 0 radical (unpaired) electrons. The number of benzene rings is 1. The van der Waals surface area contributed by atoms with Crippen LogP contribution in [-0.2, 0) is 10.5 Å². The number of carbonyl (C=O) groups excluding carboxylic acids is 1. The number of nitrogen functional groups attached to an aromatic ring is 1. The number of aryl methyl sites for hydroxylation is 1. The van der Waals surface area contributed by atoms with Crippen LogP contribution in [0.25, 0.3) is 11.5 Å². The summed E-state index contributed by atoms with van der Waals surface area (Å²) in [5, 5.41) is 1.01. The van der Waals surface area contributed by atoms with Gasteiger partial charge < -0.3 is 14.9 Å². The van der Waals surface area contributed by atoms with Gasteiger partial charge in [0.2, 0.25) is 5.89 Å². The molecule has 0 atom stereocenters. The van der Waals surface area contributed by atoms with Crippen molar-refractivity contribution in [3.8, 4) is 11.5 Å². The standard InChI is InChI=1S/C18H17ClN4O3S/c1-3-25-17(24)12-8-21-18(23-15(12)20)27-9-14-10(2)26-16(22-14)11-6-4-5-7-13(11)19/h4-8H,3,9H2,1-2H3,(H2,20,21,23). The van der Waals surface area contributed by atoms with Crippen LogP contribution in [-0.4, -0.2) is 27.5 Å². The number of oxazole rings is 1. The Morgan fingerprint density at radius 2 is 2.11 bits per heavy atom. The molecule has 1 aromatic carbocycles. The fourth-order valence-corrected chi connectivity index (χ4v) is 3.30. The molecule has 2 heterocycles. The molecule has 0 unspecified atom stereocenters. The van der Waals surface area contributed by atoms with E-state index in [0.29, 0.717) is 27.6 Å². The van der Waals surface area contributed by atoms with Crippen molar-refractivity contribution in [3.05, 3.63) is 52.5 Å². The Labute approximate surface area is 165 Å². The second-order valence-corrected chi connectivity index (χ2v) is 6.81. The van der Waals surface area contributed by atoms with Crippen molar-refractivity contribution in [2.45, 2.75) is 24.8 Å². The number of rotatable bonds is 6. The molecule has 3 rings (SSSR count). The van der Waals surface area contributed by atoms with Crippen LogP contribution in [0, 0.1) is 6.92 Å². The molecule has 0 aliphatic heterocycles. The molecule has 27 heavy (non-hydrogen) atoms. The molecule has 9 heteroatoms. The van der Waals surface area contributed by atoms with Crippen molar-refractivity contribution in [1.29, 1.82) is 0 Å². The van der Waals surface area contributed by atoms with E-state index in [4.69, 9.17) is 26.5 Å². The molecule has 0 fully saturated rings. The smallest absolute Gasteiger partial charge is 0.343 e. The zero-order chi connectivity index (χ0) is 19.4. The Morgan fingerprint density at radius 1 is 1.33 bits per heavy atom. The van der Waals surface area contributed by atoms with Gasteiger partial charge in [-0.3, -0.25) is 0 Å². The monoisotopic (exact) mass is 404 g/mol. The Bertz CT molecular complexity index is 977. The van der Waals surface area contributed by atoms with E-state index in [1.165, 1.54) is 18.0 Å². The lowest BCUT2D eigenvalue weighted by atomic mass is 10.2. The second kappa shape index (κ2) is 8.41. The average Bonchev–Trinajstić information content (AvgIpc) is 3.01. The third-order valence-electron chi connectivity index (χ3n) is 3.63.